The second-order valence-electron chi connectivity index (χ2n) is 5.65. The summed E-state index contributed by atoms with van der Waals surface area (Å²) in [6, 6.07) is 11.3. The molecule has 0 N–H and O–H groups in total. The van der Waals surface area contributed by atoms with Gasteiger partial charge in [0.05, 0.1) is 26.9 Å². The Morgan fingerprint density at radius 2 is 1.54 bits per heavy atom. The number of amides is 1. The molecule has 0 aromatic heterocycles. The standard InChI is InChI=1S/C19H21NO4/c1-22-16-7-5-4-6-15(16)19(21)20-9-8-13-10-17(23-2)18(24-3)11-14(13)12-20/h4-7,10-11H,8-9,12H2,1-3H3. The average Bonchev–Trinajstić information content (AvgIpc) is 2.65. The Labute approximate surface area is 141 Å². The van der Waals surface area contributed by atoms with Gasteiger partial charge in [-0.3, -0.25) is 4.79 Å². The largest absolute Gasteiger partial charge is 0.496 e. The summed E-state index contributed by atoms with van der Waals surface area (Å²) < 4.78 is 16.0. The zero-order valence-electron chi connectivity index (χ0n) is 14.2. The van der Waals surface area contributed by atoms with E-state index in [1.54, 1.807) is 33.5 Å². The summed E-state index contributed by atoms with van der Waals surface area (Å²) >= 11 is 0. The van der Waals surface area contributed by atoms with Crippen molar-refractivity contribution in [1.29, 1.82) is 0 Å². The van der Waals surface area contributed by atoms with Crippen LogP contribution in [0.25, 0.3) is 0 Å². The molecule has 1 amide bonds. The summed E-state index contributed by atoms with van der Waals surface area (Å²) in [6.07, 6.45) is 0.788. The van der Waals surface area contributed by atoms with Crippen LogP contribution in [0.1, 0.15) is 21.5 Å². The average molecular weight is 327 g/mol. The van der Waals surface area contributed by atoms with Crippen molar-refractivity contribution in [3.63, 3.8) is 0 Å². The number of hydrogen-bond donors (Lipinski definition) is 0. The number of benzene rings is 2. The predicted octanol–water partition coefficient (Wildman–Crippen LogP) is 2.91. The number of fused-ring (bicyclic) bond motifs is 1. The van der Waals surface area contributed by atoms with Crippen LogP contribution in [0.2, 0.25) is 0 Å². The van der Waals surface area contributed by atoms with Crippen molar-refractivity contribution in [1.82, 2.24) is 4.90 Å². The Balaban J connectivity index is 1.88. The molecule has 3 rings (SSSR count). The highest BCUT2D eigenvalue weighted by molar-refractivity contribution is 5.97. The van der Waals surface area contributed by atoms with Gasteiger partial charge in [-0.25, -0.2) is 0 Å². The number of para-hydroxylation sites is 1. The number of carbonyl (C=O) groups is 1. The van der Waals surface area contributed by atoms with Crippen molar-refractivity contribution in [2.24, 2.45) is 0 Å². The minimum Gasteiger partial charge on any atom is -0.496 e. The van der Waals surface area contributed by atoms with Crippen molar-refractivity contribution < 1.29 is 19.0 Å². The van der Waals surface area contributed by atoms with E-state index in [1.807, 2.05) is 29.2 Å². The van der Waals surface area contributed by atoms with Crippen molar-refractivity contribution in [3.05, 3.63) is 53.1 Å². The van der Waals surface area contributed by atoms with E-state index in [0.717, 1.165) is 17.7 Å². The summed E-state index contributed by atoms with van der Waals surface area (Å²) in [6.45, 7) is 1.21. The van der Waals surface area contributed by atoms with E-state index >= 15 is 0 Å². The predicted molar refractivity (Wildman–Crippen MR) is 91.0 cm³/mol. The normalized spacial score (nSPS) is 13.2. The fourth-order valence-corrected chi connectivity index (χ4v) is 3.05. The fourth-order valence-electron chi connectivity index (χ4n) is 3.05. The molecule has 1 heterocycles. The van der Waals surface area contributed by atoms with Gasteiger partial charge in [0.25, 0.3) is 5.91 Å². The molecule has 2 aromatic rings. The summed E-state index contributed by atoms with van der Waals surface area (Å²) in [5, 5.41) is 0. The van der Waals surface area contributed by atoms with Crippen molar-refractivity contribution in [3.8, 4) is 17.2 Å². The van der Waals surface area contributed by atoms with Crippen LogP contribution in [0.3, 0.4) is 0 Å². The number of methoxy groups -OCH3 is 3. The van der Waals surface area contributed by atoms with Crippen molar-refractivity contribution in [2.75, 3.05) is 27.9 Å². The first-order chi connectivity index (χ1) is 11.7. The molecule has 126 valence electrons. The van der Waals surface area contributed by atoms with Gasteiger partial charge in [-0.1, -0.05) is 12.1 Å². The molecule has 0 aliphatic carbocycles. The van der Waals surface area contributed by atoms with Crippen LogP contribution in [0.15, 0.2) is 36.4 Å². The van der Waals surface area contributed by atoms with Crippen LogP contribution in [0, 0.1) is 0 Å². The Bertz CT molecular complexity index is 757. The third kappa shape index (κ3) is 2.89. The first kappa shape index (κ1) is 16.2. The van der Waals surface area contributed by atoms with E-state index < -0.39 is 0 Å². The van der Waals surface area contributed by atoms with E-state index in [0.29, 0.717) is 30.2 Å². The molecule has 1 aliphatic rings. The highest BCUT2D eigenvalue weighted by atomic mass is 16.5. The monoisotopic (exact) mass is 327 g/mol. The first-order valence-corrected chi connectivity index (χ1v) is 7.84. The van der Waals surface area contributed by atoms with Crippen LogP contribution >= 0.6 is 0 Å². The molecule has 0 saturated carbocycles. The lowest BCUT2D eigenvalue weighted by Crippen LogP contribution is -2.36. The summed E-state index contributed by atoms with van der Waals surface area (Å²) in [5.74, 6) is 1.98. The molecule has 24 heavy (non-hydrogen) atoms. The molecule has 5 nitrogen and oxygen atoms in total. The van der Waals surface area contributed by atoms with Gasteiger partial charge in [0.1, 0.15) is 5.75 Å². The minimum atomic E-state index is -0.0205. The van der Waals surface area contributed by atoms with Gasteiger partial charge in [0, 0.05) is 13.1 Å². The number of hydrogen-bond acceptors (Lipinski definition) is 4. The number of ether oxygens (including phenoxy) is 3. The smallest absolute Gasteiger partial charge is 0.257 e. The molecule has 1 aliphatic heterocycles. The van der Waals surface area contributed by atoms with Crippen LogP contribution in [0.5, 0.6) is 17.2 Å². The lowest BCUT2D eigenvalue weighted by atomic mass is 9.98. The van der Waals surface area contributed by atoms with Crippen LogP contribution < -0.4 is 14.2 Å². The van der Waals surface area contributed by atoms with Gasteiger partial charge in [0.2, 0.25) is 0 Å². The minimum absolute atomic E-state index is 0.0205. The second-order valence-corrected chi connectivity index (χ2v) is 5.65. The molecule has 0 fully saturated rings. The van der Waals surface area contributed by atoms with Gasteiger partial charge in [-0.2, -0.15) is 0 Å². The first-order valence-electron chi connectivity index (χ1n) is 7.84. The third-order valence-electron chi connectivity index (χ3n) is 4.34. The quantitative estimate of drug-likeness (QED) is 0.866. The van der Waals surface area contributed by atoms with Crippen LogP contribution in [0.4, 0.5) is 0 Å². The molecular formula is C19H21NO4. The molecule has 2 aromatic carbocycles. The van der Waals surface area contributed by atoms with E-state index in [9.17, 15) is 4.79 Å². The van der Waals surface area contributed by atoms with Gasteiger partial charge in [0.15, 0.2) is 11.5 Å². The fraction of sp³-hybridized carbons (Fsp3) is 0.316. The van der Waals surface area contributed by atoms with E-state index in [1.165, 1.54) is 5.56 Å². The summed E-state index contributed by atoms with van der Waals surface area (Å²) in [7, 11) is 4.82. The number of carbonyl (C=O) groups excluding carboxylic acids is 1. The lowest BCUT2D eigenvalue weighted by molar-refractivity contribution is 0.0731. The van der Waals surface area contributed by atoms with Crippen LogP contribution in [-0.4, -0.2) is 38.7 Å². The van der Waals surface area contributed by atoms with Gasteiger partial charge in [-0.05, 0) is 41.8 Å². The van der Waals surface area contributed by atoms with Crippen molar-refractivity contribution >= 4 is 5.91 Å². The maximum Gasteiger partial charge on any atom is 0.257 e. The number of rotatable bonds is 4. The topological polar surface area (TPSA) is 48.0 Å². The number of nitrogens with zero attached hydrogens (tertiary/aromatic N) is 1. The van der Waals surface area contributed by atoms with Gasteiger partial charge in [-0.15, -0.1) is 0 Å². The second kappa shape index (κ2) is 6.83. The van der Waals surface area contributed by atoms with Crippen LogP contribution in [-0.2, 0) is 13.0 Å². The molecule has 0 saturated heterocycles. The summed E-state index contributed by atoms with van der Waals surface area (Å²) in [5.41, 5.74) is 2.86. The highest BCUT2D eigenvalue weighted by Gasteiger charge is 2.25. The maximum atomic E-state index is 12.9. The molecule has 0 unspecified atom stereocenters. The molecular weight excluding hydrogens is 306 g/mol. The molecule has 0 radical (unpaired) electrons. The van der Waals surface area contributed by atoms with Crippen molar-refractivity contribution in [2.45, 2.75) is 13.0 Å². The Morgan fingerprint density at radius 3 is 2.21 bits per heavy atom. The van der Waals surface area contributed by atoms with E-state index in [2.05, 4.69) is 0 Å². The zero-order valence-corrected chi connectivity index (χ0v) is 14.2. The van der Waals surface area contributed by atoms with Gasteiger partial charge < -0.3 is 19.1 Å². The Kier molecular flexibility index (Phi) is 4.60. The summed E-state index contributed by atoms with van der Waals surface area (Å²) in [4.78, 5) is 14.7. The van der Waals surface area contributed by atoms with E-state index in [-0.39, 0.29) is 5.91 Å². The third-order valence-corrected chi connectivity index (χ3v) is 4.34. The molecule has 0 bridgehead atoms. The maximum absolute atomic E-state index is 12.9. The highest BCUT2D eigenvalue weighted by Crippen LogP contribution is 2.34. The zero-order chi connectivity index (χ0) is 17.1. The lowest BCUT2D eigenvalue weighted by Gasteiger charge is -2.30. The Morgan fingerprint density at radius 1 is 0.917 bits per heavy atom. The molecule has 5 heteroatoms. The van der Waals surface area contributed by atoms with E-state index in [4.69, 9.17) is 14.2 Å². The molecule has 0 spiro atoms. The Hall–Kier alpha value is -2.69. The van der Waals surface area contributed by atoms with Gasteiger partial charge >= 0.3 is 0 Å². The molecule has 0 atom stereocenters. The SMILES string of the molecule is COc1cc2c(cc1OC)CN(C(=O)c1ccccc1OC)CC2.